The van der Waals surface area contributed by atoms with Gasteiger partial charge in [-0.3, -0.25) is 9.59 Å². The first-order valence-electron chi connectivity index (χ1n) is 25.9. The zero-order chi connectivity index (χ0) is 54.6. The first-order chi connectivity index (χ1) is 36.7. The predicted octanol–water partition coefficient (Wildman–Crippen LogP) is 4.64. The Balaban J connectivity index is 1.52. The number of rotatable bonds is 27. The SMILES string of the molecule is CCCCOCC1O[C@H](O)[C@H](O[C@H]2OC(COC(=O)c3ccccc3)[C@@H](OC(=O)c3ccccc3)[C@H](O[C@H]3OC(COC(C)=O)[C@@H](O)[C@H](O)C3OC(C)=O)C2OC(=O)c2ccccc2)C(OCCCC)[C@@H]1OCCCC. The Morgan fingerprint density at radius 3 is 1.47 bits per heavy atom. The van der Waals surface area contributed by atoms with Crippen LogP contribution in [0.4, 0.5) is 0 Å². The van der Waals surface area contributed by atoms with Crippen molar-refractivity contribution in [3.8, 4) is 0 Å². The average Bonchev–Trinajstić information content (AvgIpc) is 3.42. The fourth-order valence-electron chi connectivity index (χ4n) is 8.61. The lowest BCUT2D eigenvalue weighted by Gasteiger charge is -2.50. The number of unbranched alkanes of at least 4 members (excludes halogenated alkanes) is 3. The van der Waals surface area contributed by atoms with Gasteiger partial charge in [0.05, 0.1) is 23.3 Å². The van der Waals surface area contributed by atoms with E-state index >= 15 is 0 Å². The number of aliphatic hydroxyl groups is 3. The highest BCUT2D eigenvalue weighted by Crippen LogP contribution is 2.38. The van der Waals surface area contributed by atoms with Crippen LogP contribution in [0.5, 0.6) is 0 Å². The van der Waals surface area contributed by atoms with Crippen LogP contribution in [0.3, 0.4) is 0 Å². The van der Waals surface area contributed by atoms with E-state index < -0.39 is 135 Å². The van der Waals surface area contributed by atoms with E-state index in [4.69, 9.17) is 61.6 Å². The van der Waals surface area contributed by atoms with Crippen LogP contribution in [0, 0.1) is 0 Å². The van der Waals surface area contributed by atoms with Gasteiger partial charge in [0.25, 0.3) is 0 Å². The Kier molecular flexibility index (Phi) is 24.0. The van der Waals surface area contributed by atoms with Crippen molar-refractivity contribution in [2.24, 2.45) is 0 Å². The van der Waals surface area contributed by atoms with Gasteiger partial charge in [-0.15, -0.1) is 0 Å². The molecule has 21 heteroatoms. The monoisotopic (exact) mass is 1070 g/mol. The first-order valence-corrected chi connectivity index (χ1v) is 25.9. The molecule has 3 saturated heterocycles. The summed E-state index contributed by atoms with van der Waals surface area (Å²) in [4.78, 5) is 67.2. The van der Waals surface area contributed by atoms with E-state index in [1.165, 1.54) is 36.4 Å². The molecule has 3 aliphatic heterocycles. The van der Waals surface area contributed by atoms with Gasteiger partial charge in [-0.05, 0) is 55.7 Å². The third-order valence-corrected chi connectivity index (χ3v) is 12.6. The van der Waals surface area contributed by atoms with E-state index in [1.807, 2.05) is 20.8 Å². The van der Waals surface area contributed by atoms with E-state index in [0.717, 1.165) is 39.5 Å². The van der Waals surface area contributed by atoms with E-state index in [-0.39, 0.29) is 36.5 Å². The molecule has 15 atom stereocenters. The number of esters is 5. The van der Waals surface area contributed by atoms with Crippen LogP contribution in [-0.2, 0) is 71.2 Å². The highest BCUT2D eigenvalue weighted by Gasteiger charge is 2.58. The Hall–Kier alpha value is -5.43. The minimum Gasteiger partial charge on any atom is -0.463 e. The molecule has 76 heavy (non-hydrogen) atoms. The van der Waals surface area contributed by atoms with Crippen LogP contribution in [0.15, 0.2) is 91.0 Å². The Morgan fingerprint density at radius 2 is 0.921 bits per heavy atom. The molecule has 0 radical (unpaired) electrons. The van der Waals surface area contributed by atoms with Crippen molar-refractivity contribution in [1.82, 2.24) is 0 Å². The van der Waals surface area contributed by atoms with Crippen LogP contribution in [0.25, 0.3) is 0 Å². The molecule has 21 nitrogen and oxygen atoms in total. The topological polar surface area (TPSA) is 266 Å². The van der Waals surface area contributed by atoms with Crippen LogP contribution in [0.1, 0.15) is 104 Å². The van der Waals surface area contributed by atoms with Crippen molar-refractivity contribution >= 4 is 29.8 Å². The summed E-state index contributed by atoms with van der Waals surface area (Å²) in [6, 6.07) is 23.5. The summed E-state index contributed by atoms with van der Waals surface area (Å²) in [5.74, 6) is -4.47. The fourth-order valence-corrected chi connectivity index (χ4v) is 8.61. The highest BCUT2D eigenvalue weighted by atomic mass is 16.8. The van der Waals surface area contributed by atoms with Crippen molar-refractivity contribution in [3.05, 3.63) is 108 Å². The zero-order valence-corrected chi connectivity index (χ0v) is 43.5. The maximum Gasteiger partial charge on any atom is 0.338 e. The maximum atomic E-state index is 14.5. The molecule has 3 aliphatic rings. The zero-order valence-electron chi connectivity index (χ0n) is 43.5. The van der Waals surface area contributed by atoms with Gasteiger partial charge in [0, 0.05) is 33.7 Å². The molecule has 0 aliphatic carbocycles. The average molecular weight is 1070 g/mol. The quantitative estimate of drug-likeness (QED) is 0.0533. The molecule has 0 amide bonds. The molecular formula is C55H72O21. The lowest BCUT2D eigenvalue weighted by molar-refractivity contribution is -0.384. The molecule has 0 saturated carbocycles. The molecule has 3 aromatic rings. The molecule has 0 spiro atoms. The standard InChI is InChI=1S/C55H72O21/c1-6-9-27-64-30-39-43(65-28-10-7-2)46(66-29-11-8-3)48(53(63)70-39)76-55-49(74-52(62)37-25-19-14-20-26-37)47(75-54-45(69-34(5)57)42(59)41(58)38(71-54)31-67-33(4)56)44(73-51(61)36-23-17-13-18-24-36)40(72-55)32-68-50(60)35-21-15-12-16-22-35/h12-26,38-49,53-55,58-59,63H,6-11,27-32H2,1-5H3/t38?,39?,40?,41-,42+,43-,44-,45?,46?,47+,48-,49?,53+,54-,55-/m1/s1. The summed E-state index contributed by atoms with van der Waals surface area (Å²) in [7, 11) is 0. The fraction of sp³-hybridized carbons (Fsp3) is 0.582. The number of benzene rings is 3. The van der Waals surface area contributed by atoms with Gasteiger partial charge in [-0.25, -0.2) is 14.4 Å². The lowest BCUT2D eigenvalue weighted by atomic mass is 9.95. The Bertz CT molecular complexity index is 2230. The van der Waals surface area contributed by atoms with Crippen molar-refractivity contribution in [3.63, 3.8) is 0 Å². The van der Waals surface area contributed by atoms with Gasteiger partial charge in [-0.1, -0.05) is 94.6 Å². The van der Waals surface area contributed by atoms with Crippen LogP contribution < -0.4 is 0 Å². The second-order valence-corrected chi connectivity index (χ2v) is 18.5. The molecular weight excluding hydrogens is 997 g/mol. The molecule has 3 fully saturated rings. The summed E-state index contributed by atoms with van der Waals surface area (Å²) >= 11 is 0. The molecule has 0 bridgehead atoms. The number of hydrogen-bond acceptors (Lipinski definition) is 21. The van der Waals surface area contributed by atoms with E-state index in [2.05, 4.69) is 0 Å². The van der Waals surface area contributed by atoms with Gasteiger partial charge >= 0.3 is 29.8 Å². The number of carbonyl (C=O) groups excluding carboxylic acids is 5. The van der Waals surface area contributed by atoms with Crippen molar-refractivity contribution in [2.75, 3.05) is 39.6 Å². The minimum atomic E-state index is -1.97. The first kappa shape index (κ1) is 59.8. The van der Waals surface area contributed by atoms with E-state index in [1.54, 1.807) is 54.6 Å². The number of aliphatic hydroxyl groups excluding tert-OH is 3. The largest absolute Gasteiger partial charge is 0.463 e. The van der Waals surface area contributed by atoms with Gasteiger partial charge in [0.15, 0.2) is 37.2 Å². The number of hydrogen-bond donors (Lipinski definition) is 3. The third-order valence-electron chi connectivity index (χ3n) is 12.6. The molecule has 3 heterocycles. The van der Waals surface area contributed by atoms with Gasteiger partial charge in [0.2, 0.25) is 0 Å². The Morgan fingerprint density at radius 1 is 0.447 bits per heavy atom. The van der Waals surface area contributed by atoms with Crippen molar-refractivity contribution in [2.45, 2.75) is 165 Å². The Labute approximate surface area is 442 Å². The highest BCUT2D eigenvalue weighted by molar-refractivity contribution is 5.90. The van der Waals surface area contributed by atoms with E-state index in [0.29, 0.717) is 19.4 Å². The van der Waals surface area contributed by atoms with Gasteiger partial charge in [-0.2, -0.15) is 0 Å². The van der Waals surface area contributed by atoms with E-state index in [9.17, 15) is 39.3 Å². The molecule has 6 unspecified atom stereocenters. The van der Waals surface area contributed by atoms with Gasteiger partial charge < -0.3 is 76.9 Å². The predicted molar refractivity (Wildman–Crippen MR) is 265 cm³/mol. The molecule has 0 aromatic heterocycles. The summed E-state index contributed by atoms with van der Waals surface area (Å²) in [6.07, 6.45) is -20.0. The van der Waals surface area contributed by atoms with Crippen LogP contribution in [-0.4, -0.2) is 177 Å². The second-order valence-electron chi connectivity index (χ2n) is 18.5. The summed E-state index contributed by atoms with van der Waals surface area (Å²) in [5.41, 5.74) is 0.219. The number of ether oxygens (including phenoxy) is 13. The molecule has 3 aromatic carbocycles. The van der Waals surface area contributed by atoms with Crippen LogP contribution >= 0.6 is 0 Å². The third kappa shape index (κ3) is 16.8. The lowest BCUT2D eigenvalue weighted by Crippen LogP contribution is -2.68. The molecule has 6 rings (SSSR count). The second kappa shape index (κ2) is 30.5. The number of carbonyl (C=O) groups is 5. The maximum absolute atomic E-state index is 14.5. The normalized spacial score (nSPS) is 29.4. The minimum absolute atomic E-state index is 0.0224. The summed E-state index contributed by atoms with van der Waals surface area (Å²) in [6.45, 7) is 7.71. The smallest absolute Gasteiger partial charge is 0.338 e. The van der Waals surface area contributed by atoms with Gasteiger partial charge in [0.1, 0.15) is 68.1 Å². The van der Waals surface area contributed by atoms with Crippen molar-refractivity contribution < 1.29 is 101 Å². The summed E-state index contributed by atoms with van der Waals surface area (Å²) < 4.78 is 80.7. The van der Waals surface area contributed by atoms with Crippen LogP contribution in [0.2, 0.25) is 0 Å². The molecule has 418 valence electrons. The summed E-state index contributed by atoms with van der Waals surface area (Å²) in [5, 5.41) is 34.9. The molecule has 3 N–H and O–H groups in total. The van der Waals surface area contributed by atoms with Crippen molar-refractivity contribution in [1.29, 1.82) is 0 Å².